The molecule has 1 atom stereocenters. The number of halogens is 2. The van der Waals surface area contributed by atoms with Crippen molar-refractivity contribution in [3.05, 3.63) is 24.0 Å². The molecule has 1 unspecified atom stereocenters. The van der Waals surface area contributed by atoms with Gasteiger partial charge < -0.3 is 10.2 Å². The minimum Gasteiger partial charge on any atom is -0.355 e. The topological polar surface area (TPSA) is 80.0 Å². The number of aromatic nitrogens is 4. The molecule has 0 aromatic carbocycles. The minimum atomic E-state index is -2.49. The Morgan fingerprint density at radius 3 is 2.92 bits per heavy atom. The Bertz CT molecular complexity index is 758. The van der Waals surface area contributed by atoms with Gasteiger partial charge in [0.15, 0.2) is 5.82 Å². The number of hydrogen-bond donors (Lipinski definition) is 2. The molecule has 0 radical (unpaired) electrons. The van der Waals surface area contributed by atoms with E-state index in [0.29, 0.717) is 6.54 Å². The van der Waals surface area contributed by atoms with E-state index < -0.39 is 13.0 Å². The molecule has 1 aliphatic heterocycles. The van der Waals surface area contributed by atoms with Crippen LogP contribution in [0.1, 0.15) is 18.5 Å². The maximum absolute atomic E-state index is 12.3. The van der Waals surface area contributed by atoms with Gasteiger partial charge in [0, 0.05) is 44.5 Å². The second-order valence-corrected chi connectivity index (χ2v) is 6.47. The maximum atomic E-state index is 12.3. The van der Waals surface area contributed by atoms with E-state index >= 15 is 0 Å². The average molecular weight is 367 g/mol. The first-order valence-corrected chi connectivity index (χ1v) is 8.55. The number of anilines is 2. The van der Waals surface area contributed by atoms with E-state index in [0.717, 1.165) is 35.6 Å². The second kappa shape index (κ2) is 7.71. The van der Waals surface area contributed by atoms with Crippen molar-refractivity contribution in [2.24, 2.45) is 7.05 Å². The van der Waals surface area contributed by atoms with E-state index in [1.54, 1.807) is 0 Å². The number of piperidine rings is 1. The summed E-state index contributed by atoms with van der Waals surface area (Å²) >= 11 is 0. The third kappa shape index (κ3) is 4.50. The molecule has 0 aliphatic carbocycles. The van der Waals surface area contributed by atoms with Crippen LogP contribution in [0.25, 0.3) is 0 Å². The molecule has 1 fully saturated rings. The molecule has 10 heteroatoms. The highest BCUT2D eigenvalue weighted by atomic mass is 19.3. The lowest BCUT2D eigenvalue weighted by Gasteiger charge is -2.34. The molecule has 2 aromatic rings. The fourth-order valence-corrected chi connectivity index (χ4v) is 3.21. The first-order valence-electron chi connectivity index (χ1n) is 8.55. The Hall–Kier alpha value is -2.65. The van der Waals surface area contributed by atoms with Gasteiger partial charge in [-0.15, -0.1) is 0 Å². The van der Waals surface area contributed by atoms with Crippen LogP contribution in [0, 0.1) is 6.92 Å². The lowest BCUT2D eigenvalue weighted by atomic mass is 10.1. The zero-order chi connectivity index (χ0) is 18.7. The Morgan fingerprint density at radius 2 is 2.23 bits per heavy atom. The smallest absolute Gasteiger partial charge is 0.320 e. The number of rotatable bonds is 5. The van der Waals surface area contributed by atoms with E-state index in [4.69, 9.17) is 0 Å². The molecular weight excluding hydrogens is 344 g/mol. The zero-order valence-corrected chi connectivity index (χ0v) is 14.8. The number of nitrogens with zero attached hydrogens (tertiary/aromatic N) is 5. The Labute approximate surface area is 150 Å². The number of alkyl halides is 2. The van der Waals surface area contributed by atoms with Crippen molar-refractivity contribution in [2.75, 3.05) is 23.3 Å². The number of carbonyl (C=O) groups excluding carboxylic acids is 1. The third-order valence-corrected chi connectivity index (χ3v) is 4.27. The van der Waals surface area contributed by atoms with Crippen LogP contribution in [0.5, 0.6) is 0 Å². The molecular formula is C16H23F2N7O. The van der Waals surface area contributed by atoms with Crippen molar-refractivity contribution in [1.29, 1.82) is 0 Å². The van der Waals surface area contributed by atoms with Crippen LogP contribution in [-0.4, -0.2) is 51.1 Å². The summed E-state index contributed by atoms with van der Waals surface area (Å²) in [7, 11) is 1.90. The van der Waals surface area contributed by atoms with Crippen molar-refractivity contribution in [3.63, 3.8) is 0 Å². The minimum absolute atomic E-state index is 0.0119. The Morgan fingerprint density at radius 1 is 1.42 bits per heavy atom. The van der Waals surface area contributed by atoms with Crippen molar-refractivity contribution < 1.29 is 13.6 Å². The largest absolute Gasteiger partial charge is 0.355 e. The van der Waals surface area contributed by atoms with Gasteiger partial charge in [0.1, 0.15) is 12.4 Å². The first kappa shape index (κ1) is 18.2. The third-order valence-electron chi connectivity index (χ3n) is 4.27. The lowest BCUT2D eigenvalue weighted by Crippen LogP contribution is -2.49. The highest BCUT2D eigenvalue weighted by Gasteiger charge is 2.23. The van der Waals surface area contributed by atoms with E-state index in [1.165, 1.54) is 12.3 Å². The number of nitrogens with one attached hydrogen (secondary N) is 2. The van der Waals surface area contributed by atoms with Gasteiger partial charge in [-0.1, -0.05) is 0 Å². The number of urea groups is 1. The summed E-state index contributed by atoms with van der Waals surface area (Å²) in [6.45, 7) is 3.05. The second-order valence-electron chi connectivity index (χ2n) is 6.47. The van der Waals surface area contributed by atoms with Crippen LogP contribution in [0.3, 0.4) is 0 Å². The molecule has 142 valence electrons. The van der Waals surface area contributed by atoms with Crippen molar-refractivity contribution >= 4 is 17.7 Å². The van der Waals surface area contributed by atoms with Gasteiger partial charge >= 0.3 is 6.03 Å². The maximum Gasteiger partial charge on any atom is 0.320 e. The summed E-state index contributed by atoms with van der Waals surface area (Å²) < 4.78 is 27.6. The fraction of sp³-hybridized carbons (Fsp3) is 0.562. The number of aryl methyl sites for hydroxylation is 2. The summed E-state index contributed by atoms with van der Waals surface area (Å²) in [5, 5.41) is 13.8. The summed E-state index contributed by atoms with van der Waals surface area (Å²) in [6.07, 6.45) is 0.758. The normalized spacial score (nSPS) is 17.6. The molecule has 2 aromatic heterocycles. The van der Waals surface area contributed by atoms with Crippen LogP contribution >= 0.6 is 0 Å². The van der Waals surface area contributed by atoms with Crippen molar-refractivity contribution in [2.45, 2.75) is 38.8 Å². The highest BCUT2D eigenvalue weighted by molar-refractivity contribution is 5.88. The zero-order valence-electron chi connectivity index (χ0n) is 14.8. The Balaban J connectivity index is 1.54. The average Bonchev–Trinajstić information content (AvgIpc) is 3.12. The van der Waals surface area contributed by atoms with Crippen molar-refractivity contribution in [1.82, 2.24) is 24.9 Å². The molecule has 0 spiro atoms. The molecule has 3 rings (SSSR count). The van der Waals surface area contributed by atoms with Gasteiger partial charge in [-0.3, -0.25) is 14.7 Å². The summed E-state index contributed by atoms with van der Waals surface area (Å²) in [4.78, 5) is 14.4. The summed E-state index contributed by atoms with van der Waals surface area (Å²) in [6, 6.07) is 3.12. The molecule has 26 heavy (non-hydrogen) atoms. The summed E-state index contributed by atoms with van der Waals surface area (Å²) in [5.41, 5.74) is 0.953. The quantitative estimate of drug-likeness (QED) is 0.847. The predicted octanol–water partition coefficient (Wildman–Crippen LogP) is 1.98. The van der Waals surface area contributed by atoms with Gasteiger partial charge in [-0.25, -0.2) is 13.6 Å². The van der Waals surface area contributed by atoms with Crippen LogP contribution in [-0.2, 0) is 13.6 Å². The van der Waals surface area contributed by atoms with E-state index in [-0.39, 0.29) is 17.9 Å². The monoisotopic (exact) mass is 367 g/mol. The molecule has 8 nitrogen and oxygen atoms in total. The van der Waals surface area contributed by atoms with Crippen LogP contribution < -0.4 is 15.5 Å². The van der Waals surface area contributed by atoms with E-state index in [9.17, 15) is 13.6 Å². The number of hydrogen-bond acceptors (Lipinski definition) is 4. The molecule has 0 saturated carbocycles. The molecule has 2 amide bonds. The molecule has 0 bridgehead atoms. The number of carbonyl (C=O) groups is 1. The molecule has 3 heterocycles. The molecule has 1 saturated heterocycles. The van der Waals surface area contributed by atoms with Gasteiger partial charge in [0.05, 0.1) is 5.69 Å². The summed E-state index contributed by atoms with van der Waals surface area (Å²) in [5.74, 6) is 1.28. The predicted molar refractivity (Wildman–Crippen MR) is 93.6 cm³/mol. The van der Waals surface area contributed by atoms with Crippen LogP contribution in [0.15, 0.2) is 18.3 Å². The van der Waals surface area contributed by atoms with Gasteiger partial charge in [0.25, 0.3) is 6.43 Å². The Kier molecular flexibility index (Phi) is 5.38. The molecule has 2 N–H and O–H groups in total. The van der Waals surface area contributed by atoms with Gasteiger partial charge in [-0.05, 0) is 19.8 Å². The standard InChI is InChI=1S/C16H23F2N7O/c1-11-8-15(23(2)21-11)24-6-3-4-12(9-24)19-16(26)20-14-5-7-25(22-14)10-13(17)18/h5,7-8,12-13H,3-4,6,9-10H2,1-2H3,(H2,19,20,22,26). The highest BCUT2D eigenvalue weighted by Crippen LogP contribution is 2.20. The van der Waals surface area contributed by atoms with Crippen LogP contribution in [0.2, 0.25) is 0 Å². The SMILES string of the molecule is Cc1cc(N2CCCC(NC(=O)Nc3ccn(CC(F)F)n3)C2)n(C)n1. The fourth-order valence-electron chi connectivity index (χ4n) is 3.21. The van der Waals surface area contributed by atoms with Gasteiger partial charge in [-0.2, -0.15) is 10.2 Å². The van der Waals surface area contributed by atoms with E-state index in [1.807, 2.05) is 24.7 Å². The molecule has 1 aliphatic rings. The van der Waals surface area contributed by atoms with E-state index in [2.05, 4.69) is 25.7 Å². The van der Waals surface area contributed by atoms with Crippen molar-refractivity contribution in [3.8, 4) is 0 Å². The number of amides is 2. The first-order chi connectivity index (χ1) is 12.4. The van der Waals surface area contributed by atoms with Gasteiger partial charge in [0.2, 0.25) is 0 Å². The lowest BCUT2D eigenvalue weighted by molar-refractivity contribution is 0.122. The van der Waals surface area contributed by atoms with Crippen LogP contribution in [0.4, 0.5) is 25.2 Å².